The third-order valence-corrected chi connectivity index (χ3v) is 10.6. The second-order valence-electron chi connectivity index (χ2n) is 12.9. The Kier molecular flexibility index (Phi) is 5.94. The lowest BCUT2D eigenvalue weighted by Gasteiger charge is -2.50. The fourth-order valence-corrected chi connectivity index (χ4v) is 8.11. The molecule has 6 unspecified atom stereocenters. The fourth-order valence-electron chi connectivity index (χ4n) is 7.99. The highest BCUT2D eigenvalue weighted by molar-refractivity contribution is 6.30. The van der Waals surface area contributed by atoms with Crippen LogP contribution in [0.3, 0.4) is 0 Å². The van der Waals surface area contributed by atoms with Crippen LogP contribution in [-0.2, 0) is 15.0 Å². The molecule has 4 aliphatic carbocycles. The molecule has 0 aliphatic heterocycles. The number of ketones is 1. The number of rotatable bonds is 4. The van der Waals surface area contributed by atoms with E-state index in [1.165, 1.54) is 0 Å². The molecule has 2 bridgehead atoms. The Bertz CT molecular complexity index is 1220. The average Bonchev–Trinajstić information content (AvgIpc) is 3.32. The third-order valence-electron chi connectivity index (χ3n) is 10.4. The fraction of sp³-hybridized carbons (Fsp3) is 0.600. The van der Waals surface area contributed by atoms with Gasteiger partial charge in [0, 0.05) is 10.9 Å². The minimum absolute atomic E-state index is 0.0335. The molecule has 2 saturated carbocycles. The number of carbonyl (C=O) groups is 2. The van der Waals surface area contributed by atoms with Crippen molar-refractivity contribution in [3.05, 3.63) is 58.1 Å². The molecule has 0 saturated heterocycles. The maximum absolute atomic E-state index is 14.5. The topological polar surface area (TPSA) is 107 Å². The second kappa shape index (κ2) is 8.25. The molecule has 1 spiro atoms. The van der Waals surface area contributed by atoms with Crippen molar-refractivity contribution < 1.29 is 24.9 Å². The van der Waals surface area contributed by atoms with Crippen molar-refractivity contribution in [1.82, 2.24) is 5.32 Å². The number of aliphatic hydroxyl groups is 3. The van der Waals surface area contributed by atoms with Gasteiger partial charge in [0.05, 0.1) is 23.5 Å². The summed E-state index contributed by atoms with van der Waals surface area (Å²) in [6.07, 6.45) is 2.72. The molecule has 1 aromatic rings. The number of halogens is 1. The number of aliphatic hydroxyl groups excluding tert-OH is 2. The minimum Gasteiger partial charge on any atom is -0.392 e. The quantitative estimate of drug-likeness (QED) is 0.448. The number of benzene rings is 1. The van der Waals surface area contributed by atoms with Crippen molar-refractivity contribution in [2.45, 2.75) is 71.1 Å². The van der Waals surface area contributed by atoms with Gasteiger partial charge in [-0.25, -0.2) is 0 Å². The Morgan fingerprint density at radius 3 is 2.43 bits per heavy atom. The summed E-state index contributed by atoms with van der Waals surface area (Å²) < 4.78 is 0. The molecule has 4 aliphatic rings. The molecule has 6 nitrogen and oxygen atoms in total. The van der Waals surface area contributed by atoms with Crippen LogP contribution >= 0.6 is 11.6 Å². The van der Waals surface area contributed by atoms with Crippen LogP contribution in [0.25, 0.3) is 0 Å². The Morgan fingerprint density at radius 1 is 1.22 bits per heavy atom. The number of nitrogens with one attached hydrogen (secondary N) is 1. The monoisotopic (exact) mass is 527 g/mol. The highest BCUT2D eigenvalue weighted by Gasteiger charge is 2.75. The Morgan fingerprint density at radius 2 is 1.84 bits per heavy atom. The van der Waals surface area contributed by atoms with Gasteiger partial charge in [-0.3, -0.25) is 9.59 Å². The number of fused-ring (bicyclic) bond motifs is 3. The molecule has 4 N–H and O–H groups in total. The Hall–Kier alpha value is -1.99. The maximum atomic E-state index is 14.5. The standard InChI is InChI=1S/C30H38ClNO5/c1-15-13-29-16(2)11-21-22(28(21,5)6)20(25(29)35)12-17(14-33)24(34)30(29,37)23(15)32-26(36)27(3,4)18-7-9-19(31)10-8-18/h7-10,12-13,16,20-24,33-34,37H,11,14H2,1-6H3,(H,32,36)/t16-,20?,21?,22+,23?,24?,29?,30?/m1/s1. The van der Waals surface area contributed by atoms with E-state index in [2.05, 4.69) is 19.2 Å². The normalized spacial score (nSPS) is 40.0. The number of hydrogen-bond acceptors (Lipinski definition) is 5. The number of allylic oxidation sites excluding steroid dienone is 1. The van der Waals surface area contributed by atoms with Crippen molar-refractivity contribution in [3.63, 3.8) is 0 Å². The first kappa shape index (κ1) is 26.6. The van der Waals surface area contributed by atoms with Gasteiger partial charge in [-0.2, -0.15) is 0 Å². The zero-order chi connectivity index (χ0) is 27.3. The molecule has 37 heavy (non-hydrogen) atoms. The van der Waals surface area contributed by atoms with E-state index in [0.717, 1.165) is 12.0 Å². The summed E-state index contributed by atoms with van der Waals surface area (Å²) in [4.78, 5) is 28.2. The molecule has 1 aromatic carbocycles. The van der Waals surface area contributed by atoms with E-state index in [1.54, 1.807) is 51.1 Å². The zero-order valence-corrected chi connectivity index (χ0v) is 23.1. The van der Waals surface area contributed by atoms with Crippen LogP contribution in [0.5, 0.6) is 0 Å². The van der Waals surface area contributed by atoms with Crippen LogP contribution in [0.1, 0.15) is 53.5 Å². The first-order valence-corrected chi connectivity index (χ1v) is 13.6. The number of Topliss-reactive ketones (excluding diaryl/α,β-unsaturated/α-hetero) is 1. The van der Waals surface area contributed by atoms with Gasteiger partial charge in [0.25, 0.3) is 0 Å². The van der Waals surface area contributed by atoms with Gasteiger partial charge in [-0.05, 0) is 73.6 Å². The SMILES string of the molecule is CC1=CC23C(=O)C(C=C(CO)C(O)C2(O)C1NC(=O)C(C)(C)c1ccc(Cl)cc1)[C@H]1C(C[C@H]3C)C1(C)C. The van der Waals surface area contributed by atoms with Gasteiger partial charge in [-0.15, -0.1) is 0 Å². The van der Waals surface area contributed by atoms with Crippen molar-refractivity contribution in [1.29, 1.82) is 0 Å². The first-order chi connectivity index (χ1) is 17.1. The summed E-state index contributed by atoms with van der Waals surface area (Å²) in [6, 6.07) is 6.02. The highest BCUT2D eigenvalue weighted by Crippen LogP contribution is 2.71. The third kappa shape index (κ3) is 3.35. The van der Waals surface area contributed by atoms with Gasteiger partial charge < -0.3 is 20.6 Å². The van der Waals surface area contributed by atoms with E-state index < -0.39 is 41.1 Å². The summed E-state index contributed by atoms with van der Waals surface area (Å²) in [5.74, 6) is -0.873. The number of carbonyl (C=O) groups excluding carboxylic acids is 2. The summed E-state index contributed by atoms with van der Waals surface area (Å²) in [5, 5.41) is 38.1. The van der Waals surface area contributed by atoms with Crippen LogP contribution < -0.4 is 5.32 Å². The van der Waals surface area contributed by atoms with Gasteiger partial charge in [-0.1, -0.05) is 62.2 Å². The smallest absolute Gasteiger partial charge is 0.230 e. The summed E-state index contributed by atoms with van der Waals surface area (Å²) in [6.45, 7) is 11.2. The maximum Gasteiger partial charge on any atom is 0.230 e. The lowest BCUT2D eigenvalue weighted by Crippen LogP contribution is -2.69. The predicted molar refractivity (Wildman–Crippen MR) is 142 cm³/mol. The van der Waals surface area contributed by atoms with Crippen LogP contribution in [0.4, 0.5) is 0 Å². The van der Waals surface area contributed by atoms with Gasteiger partial charge in [0.15, 0.2) is 5.78 Å². The second-order valence-corrected chi connectivity index (χ2v) is 13.3. The molecule has 0 radical (unpaired) electrons. The average molecular weight is 528 g/mol. The molecule has 0 heterocycles. The van der Waals surface area contributed by atoms with E-state index in [0.29, 0.717) is 16.5 Å². The van der Waals surface area contributed by atoms with E-state index in [4.69, 9.17) is 11.6 Å². The van der Waals surface area contributed by atoms with Crippen molar-refractivity contribution in [2.75, 3.05) is 6.61 Å². The van der Waals surface area contributed by atoms with Gasteiger partial charge >= 0.3 is 0 Å². The van der Waals surface area contributed by atoms with Gasteiger partial charge in [0.2, 0.25) is 5.91 Å². The molecule has 0 aromatic heterocycles. The molecular weight excluding hydrogens is 490 g/mol. The summed E-state index contributed by atoms with van der Waals surface area (Å²) in [7, 11) is 0. The summed E-state index contributed by atoms with van der Waals surface area (Å²) >= 11 is 6.05. The molecular formula is C30H38ClNO5. The highest BCUT2D eigenvalue weighted by atomic mass is 35.5. The van der Waals surface area contributed by atoms with E-state index in [1.807, 2.05) is 13.0 Å². The van der Waals surface area contributed by atoms with E-state index in [-0.39, 0.29) is 34.5 Å². The molecule has 5 rings (SSSR count). The zero-order valence-electron chi connectivity index (χ0n) is 22.4. The summed E-state index contributed by atoms with van der Waals surface area (Å²) in [5.41, 5.74) is -2.82. The molecule has 2 fully saturated rings. The van der Waals surface area contributed by atoms with Crippen molar-refractivity contribution >= 4 is 23.3 Å². The molecule has 1 amide bonds. The Balaban J connectivity index is 1.60. The lowest BCUT2D eigenvalue weighted by molar-refractivity contribution is -0.172. The van der Waals surface area contributed by atoms with Crippen molar-refractivity contribution in [3.8, 4) is 0 Å². The van der Waals surface area contributed by atoms with Crippen LogP contribution in [-0.4, -0.2) is 51.4 Å². The predicted octanol–water partition coefficient (Wildman–Crippen LogP) is 3.57. The largest absolute Gasteiger partial charge is 0.392 e. The Labute approximate surface area is 223 Å². The van der Waals surface area contributed by atoms with Crippen LogP contribution in [0, 0.1) is 34.5 Å². The molecule has 200 valence electrons. The first-order valence-electron chi connectivity index (χ1n) is 13.2. The van der Waals surface area contributed by atoms with Crippen LogP contribution in [0.2, 0.25) is 5.02 Å². The lowest BCUT2D eigenvalue weighted by atomic mass is 9.58. The molecule has 8 atom stereocenters. The van der Waals surface area contributed by atoms with Gasteiger partial charge in [0.1, 0.15) is 11.7 Å². The van der Waals surface area contributed by atoms with E-state index in [9.17, 15) is 24.9 Å². The van der Waals surface area contributed by atoms with Crippen molar-refractivity contribution in [2.24, 2.45) is 34.5 Å². The minimum atomic E-state index is -2.04. The van der Waals surface area contributed by atoms with Crippen LogP contribution in [0.15, 0.2) is 47.6 Å². The van der Waals surface area contributed by atoms with E-state index >= 15 is 0 Å². The number of hydrogen-bond donors (Lipinski definition) is 4. The molecule has 7 heteroatoms. The number of amides is 1.